The first-order chi connectivity index (χ1) is 15.0. The van der Waals surface area contributed by atoms with Crippen molar-refractivity contribution in [2.24, 2.45) is 0 Å². The Morgan fingerprint density at radius 2 is 1.94 bits per heavy atom. The zero-order chi connectivity index (χ0) is 22.2. The molecule has 0 spiro atoms. The number of benzene rings is 2. The summed E-state index contributed by atoms with van der Waals surface area (Å²) in [5.41, 5.74) is 2.07. The Hall–Kier alpha value is -3.06. The third kappa shape index (κ3) is 5.98. The van der Waals surface area contributed by atoms with Crippen molar-refractivity contribution in [3.8, 4) is 11.5 Å². The summed E-state index contributed by atoms with van der Waals surface area (Å²) in [5, 5.41) is 2.89. The second-order valence-electron chi connectivity index (χ2n) is 7.64. The normalized spacial score (nSPS) is 16.5. The van der Waals surface area contributed by atoms with Gasteiger partial charge in [-0.1, -0.05) is 36.4 Å². The number of nitrogens with one attached hydrogen (secondary N) is 1. The summed E-state index contributed by atoms with van der Waals surface area (Å²) < 4.78 is 11.0. The van der Waals surface area contributed by atoms with Crippen LogP contribution < -0.4 is 14.8 Å². The van der Waals surface area contributed by atoms with Crippen molar-refractivity contribution in [3.05, 3.63) is 59.7 Å². The number of hydrogen-bond acceptors (Lipinski definition) is 5. The minimum absolute atomic E-state index is 0.0751. The maximum Gasteiger partial charge on any atom is 0.237 e. The highest BCUT2D eigenvalue weighted by Crippen LogP contribution is 2.28. The van der Waals surface area contributed by atoms with E-state index in [9.17, 15) is 9.59 Å². The van der Waals surface area contributed by atoms with Crippen molar-refractivity contribution in [1.29, 1.82) is 0 Å². The Morgan fingerprint density at radius 1 is 1.16 bits per heavy atom. The number of amides is 2. The molecule has 1 aliphatic heterocycles. The fraction of sp³-hybridized carbons (Fsp3) is 0.417. The van der Waals surface area contributed by atoms with Crippen LogP contribution in [0.1, 0.15) is 24.5 Å². The standard InChI is InChI=1S/C24H31N3O4/c1-4-31-22-14-19(10-11-21(22)30-3)16-26(2)23(28)15-20-24(29)25-12-13-27(20)17-18-8-6-5-7-9-18/h5-11,14,20H,4,12-13,15-17H2,1-3H3,(H,25,29)/t20-/m0/s1. The fourth-order valence-electron chi connectivity index (χ4n) is 3.76. The molecule has 1 atom stereocenters. The fourth-order valence-corrected chi connectivity index (χ4v) is 3.76. The third-order valence-electron chi connectivity index (χ3n) is 5.41. The zero-order valence-corrected chi connectivity index (χ0v) is 18.5. The van der Waals surface area contributed by atoms with Crippen LogP contribution in [0.15, 0.2) is 48.5 Å². The van der Waals surface area contributed by atoms with Crippen LogP contribution in [-0.4, -0.2) is 61.5 Å². The number of methoxy groups -OCH3 is 1. The van der Waals surface area contributed by atoms with E-state index in [-0.39, 0.29) is 18.2 Å². The summed E-state index contributed by atoms with van der Waals surface area (Å²) in [5.74, 6) is 1.15. The summed E-state index contributed by atoms with van der Waals surface area (Å²) in [7, 11) is 3.36. The SMILES string of the molecule is CCOc1cc(CN(C)C(=O)C[C@H]2C(=O)NCCN2Cc2ccccc2)ccc1OC. The van der Waals surface area contributed by atoms with Gasteiger partial charge in [-0.15, -0.1) is 0 Å². The van der Waals surface area contributed by atoms with Gasteiger partial charge < -0.3 is 19.7 Å². The van der Waals surface area contributed by atoms with Gasteiger partial charge in [0.2, 0.25) is 11.8 Å². The molecule has 2 aromatic carbocycles. The molecule has 31 heavy (non-hydrogen) atoms. The van der Waals surface area contributed by atoms with Crippen molar-refractivity contribution in [2.45, 2.75) is 32.5 Å². The van der Waals surface area contributed by atoms with E-state index in [0.717, 1.165) is 17.7 Å². The Kier molecular flexibility index (Phi) is 7.89. The van der Waals surface area contributed by atoms with E-state index in [4.69, 9.17) is 9.47 Å². The van der Waals surface area contributed by atoms with Gasteiger partial charge in [0.15, 0.2) is 11.5 Å². The largest absolute Gasteiger partial charge is 0.493 e. The molecule has 0 bridgehead atoms. The first-order valence-corrected chi connectivity index (χ1v) is 10.6. The summed E-state index contributed by atoms with van der Waals surface area (Å²) in [6.45, 7) is 4.83. The van der Waals surface area contributed by atoms with Gasteiger partial charge in [-0.05, 0) is 30.2 Å². The molecule has 0 aliphatic carbocycles. The van der Waals surface area contributed by atoms with E-state index in [1.165, 1.54) is 0 Å². The van der Waals surface area contributed by atoms with Gasteiger partial charge >= 0.3 is 0 Å². The van der Waals surface area contributed by atoms with Gasteiger partial charge in [-0.3, -0.25) is 14.5 Å². The topological polar surface area (TPSA) is 71.1 Å². The summed E-state index contributed by atoms with van der Waals surface area (Å²) in [6.07, 6.45) is 0.142. The van der Waals surface area contributed by atoms with E-state index in [0.29, 0.717) is 37.7 Å². The van der Waals surface area contributed by atoms with Crippen molar-refractivity contribution in [2.75, 3.05) is 33.9 Å². The molecule has 3 rings (SSSR count). The molecular formula is C24H31N3O4. The number of piperazine rings is 1. The number of nitrogens with zero attached hydrogens (tertiary/aromatic N) is 2. The average molecular weight is 426 g/mol. The molecule has 7 nitrogen and oxygen atoms in total. The number of carbonyl (C=O) groups is 2. The molecule has 166 valence electrons. The summed E-state index contributed by atoms with van der Waals surface area (Å²) >= 11 is 0. The van der Waals surface area contributed by atoms with Crippen LogP contribution in [0, 0.1) is 0 Å². The van der Waals surface area contributed by atoms with Crippen LogP contribution in [0.2, 0.25) is 0 Å². The maximum absolute atomic E-state index is 13.0. The van der Waals surface area contributed by atoms with Crippen LogP contribution in [0.25, 0.3) is 0 Å². The number of hydrogen-bond donors (Lipinski definition) is 1. The van der Waals surface area contributed by atoms with E-state index in [1.807, 2.05) is 55.5 Å². The van der Waals surface area contributed by atoms with Gasteiger partial charge in [0.05, 0.1) is 26.2 Å². The van der Waals surface area contributed by atoms with Gasteiger partial charge in [0.25, 0.3) is 0 Å². The Bertz CT molecular complexity index is 888. The molecule has 0 saturated carbocycles. The first kappa shape index (κ1) is 22.6. The van der Waals surface area contributed by atoms with Gasteiger partial charge in [0, 0.05) is 33.2 Å². The van der Waals surface area contributed by atoms with Crippen LogP contribution >= 0.6 is 0 Å². The Morgan fingerprint density at radius 3 is 2.65 bits per heavy atom. The second-order valence-corrected chi connectivity index (χ2v) is 7.64. The molecule has 0 unspecified atom stereocenters. The highest BCUT2D eigenvalue weighted by molar-refractivity contribution is 5.88. The van der Waals surface area contributed by atoms with Crippen molar-refractivity contribution in [1.82, 2.24) is 15.1 Å². The van der Waals surface area contributed by atoms with E-state index in [2.05, 4.69) is 10.2 Å². The quantitative estimate of drug-likeness (QED) is 0.668. The average Bonchev–Trinajstić information content (AvgIpc) is 2.77. The lowest BCUT2D eigenvalue weighted by atomic mass is 10.1. The Balaban J connectivity index is 1.65. The summed E-state index contributed by atoms with van der Waals surface area (Å²) in [4.78, 5) is 29.2. The highest BCUT2D eigenvalue weighted by atomic mass is 16.5. The summed E-state index contributed by atoms with van der Waals surface area (Å²) in [6, 6.07) is 15.2. The van der Waals surface area contributed by atoms with E-state index < -0.39 is 6.04 Å². The molecule has 2 amide bonds. The molecule has 1 aliphatic rings. The molecular weight excluding hydrogens is 394 g/mol. The number of carbonyl (C=O) groups excluding carboxylic acids is 2. The van der Waals surface area contributed by atoms with E-state index in [1.54, 1.807) is 19.1 Å². The number of rotatable bonds is 9. The molecule has 1 saturated heterocycles. The minimum Gasteiger partial charge on any atom is -0.493 e. The molecule has 1 fully saturated rings. The maximum atomic E-state index is 13.0. The lowest BCUT2D eigenvalue weighted by molar-refractivity contribution is -0.138. The van der Waals surface area contributed by atoms with Crippen LogP contribution in [-0.2, 0) is 22.7 Å². The van der Waals surface area contributed by atoms with E-state index >= 15 is 0 Å². The van der Waals surface area contributed by atoms with Crippen LogP contribution in [0.5, 0.6) is 11.5 Å². The highest BCUT2D eigenvalue weighted by Gasteiger charge is 2.32. The smallest absolute Gasteiger partial charge is 0.237 e. The van der Waals surface area contributed by atoms with Gasteiger partial charge in [-0.25, -0.2) is 0 Å². The van der Waals surface area contributed by atoms with Gasteiger partial charge in [-0.2, -0.15) is 0 Å². The zero-order valence-electron chi connectivity index (χ0n) is 18.5. The van der Waals surface area contributed by atoms with Crippen LogP contribution in [0.3, 0.4) is 0 Å². The predicted octanol–water partition coefficient (Wildman–Crippen LogP) is 2.44. The van der Waals surface area contributed by atoms with Crippen molar-refractivity contribution < 1.29 is 19.1 Å². The van der Waals surface area contributed by atoms with Crippen LogP contribution in [0.4, 0.5) is 0 Å². The lowest BCUT2D eigenvalue weighted by Gasteiger charge is -2.35. The third-order valence-corrected chi connectivity index (χ3v) is 5.41. The van der Waals surface area contributed by atoms with Crippen molar-refractivity contribution >= 4 is 11.8 Å². The molecule has 1 heterocycles. The molecule has 1 N–H and O–H groups in total. The van der Waals surface area contributed by atoms with Crippen molar-refractivity contribution in [3.63, 3.8) is 0 Å². The molecule has 0 aromatic heterocycles. The minimum atomic E-state index is -0.473. The monoisotopic (exact) mass is 425 g/mol. The molecule has 0 radical (unpaired) electrons. The number of ether oxygens (including phenoxy) is 2. The molecule has 2 aromatic rings. The molecule has 7 heteroatoms. The first-order valence-electron chi connectivity index (χ1n) is 10.6. The predicted molar refractivity (Wildman–Crippen MR) is 119 cm³/mol. The second kappa shape index (κ2) is 10.8. The van der Waals surface area contributed by atoms with Gasteiger partial charge in [0.1, 0.15) is 0 Å². The Labute approximate surface area is 183 Å². The lowest BCUT2D eigenvalue weighted by Crippen LogP contribution is -2.56.